The van der Waals surface area contributed by atoms with E-state index in [0.29, 0.717) is 26.2 Å². The van der Waals surface area contributed by atoms with Gasteiger partial charge in [0.1, 0.15) is 6.54 Å². The third-order valence-corrected chi connectivity index (χ3v) is 3.13. The Balaban J connectivity index is 2.07. The van der Waals surface area contributed by atoms with E-state index in [-0.39, 0.29) is 18.5 Å². The Hall–Kier alpha value is -1.63. The average molecular weight is 240 g/mol. The summed E-state index contributed by atoms with van der Waals surface area (Å²) in [5.41, 5.74) is 0. The minimum Gasteiger partial charge on any atom is -0.358 e. The Morgan fingerprint density at radius 3 is 2.94 bits per heavy atom. The van der Waals surface area contributed by atoms with Gasteiger partial charge in [0, 0.05) is 33.2 Å². The van der Waals surface area contributed by atoms with Gasteiger partial charge in [-0.3, -0.25) is 14.4 Å². The number of nitrogens with one attached hydrogen (secondary N) is 2. The molecule has 17 heavy (non-hydrogen) atoms. The van der Waals surface area contributed by atoms with Crippen molar-refractivity contribution in [2.75, 3.05) is 39.8 Å². The van der Waals surface area contributed by atoms with E-state index in [0.717, 1.165) is 0 Å². The lowest BCUT2D eigenvalue weighted by Crippen LogP contribution is -2.66. The van der Waals surface area contributed by atoms with Gasteiger partial charge in [-0.05, 0) is 0 Å². The molecule has 0 aromatic carbocycles. The van der Waals surface area contributed by atoms with Crippen LogP contribution >= 0.6 is 0 Å². The van der Waals surface area contributed by atoms with Crippen LogP contribution in [-0.2, 0) is 14.4 Å². The van der Waals surface area contributed by atoms with Gasteiger partial charge in [0.15, 0.2) is 0 Å². The van der Waals surface area contributed by atoms with E-state index in [1.807, 2.05) is 0 Å². The highest BCUT2D eigenvalue weighted by molar-refractivity contribution is 6.35. The number of fused-ring (bicyclic) bond motifs is 1. The normalized spacial score (nSPS) is 24.6. The molecule has 2 N–H and O–H groups in total. The molecule has 2 saturated heterocycles. The highest BCUT2D eigenvalue weighted by atomic mass is 16.2. The molecule has 0 aromatic rings. The van der Waals surface area contributed by atoms with Gasteiger partial charge in [-0.15, -0.1) is 0 Å². The van der Waals surface area contributed by atoms with E-state index < -0.39 is 11.8 Å². The fraction of sp³-hybridized carbons (Fsp3) is 0.700. The number of nitrogens with zero attached hydrogens (tertiary/aromatic N) is 2. The van der Waals surface area contributed by atoms with Gasteiger partial charge < -0.3 is 20.4 Å². The van der Waals surface area contributed by atoms with Crippen LogP contribution in [0.4, 0.5) is 0 Å². The molecule has 2 aliphatic heterocycles. The molecule has 0 aliphatic carbocycles. The van der Waals surface area contributed by atoms with E-state index in [9.17, 15) is 14.4 Å². The second-order valence-corrected chi connectivity index (χ2v) is 4.22. The fourth-order valence-corrected chi connectivity index (χ4v) is 2.18. The highest BCUT2D eigenvalue weighted by Crippen LogP contribution is 2.13. The summed E-state index contributed by atoms with van der Waals surface area (Å²) in [6, 6.07) is -0.0152. The van der Waals surface area contributed by atoms with Crippen LogP contribution in [0.5, 0.6) is 0 Å². The molecule has 2 aliphatic rings. The van der Waals surface area contributed by atoms with Crippen molar-refractivity contribution < 1.29 is 14.4 Å². The SMILES string of the molecule is CNC(=O)CN1CC2CNCCN2C(=O)C1=O. The third-order valence-electron chi connectivity index (χ3n) is 3.13. The van der Waals surface area contributed by atoms with Crippen molar-refractivity contribution in [3.63, 3.8) is 0 Å². The van der Waals surface area contributed by atoms with Crippen molar-refractivity contribution in [3.05, 3.63) is 0 Å². The van der Waals surface area contributed by atoms with Gasteiger partial charge in [0.05, 0.1) is 6.04 Å². The summed E-state index contributed by atoms with van der Waals surface area (Å²) < 4.78 is 0. The Labute approximate surface area is 99.1 Å². The number of hydrogen-bond acceptors (Lipinski definition) is 4. The van der Waals surface area contributed by atoms with Crippen molar-refractivity contribution in [1.82, 2.24) is 20.4 Å². The molecule has 2 fully saturated rings. The van der Waals surface area contributed by atoms with E-state index in [4.69, 9.17) is 0 Å². The topological polar surface area (TPSA) is 81.8 Å². The predicted octanol–water partition coefficient (Wildman–Crippen LogP) is -2.62. The standard InChI is InChI=1S/C10H16N4O3/c1-11-8(15)6-13-5-7-4-12-2-3-14(7)10(17)9(13)16/h7,12H,2-6H2,1H3,(H,11,15). The number of hydrogen-bond donors (Lipinski definition) is 2. The number of rotatable bonds is 2. The van der Waals surface area contributed by atoms with E-state index in [1.54, 1.807) is 4.90 Å². The molecule has 1 atom stereocenters. The smallest absolute Gasteiger partial charge is 0.312 e. The van der Waals surface area contributed by atoms with Crippen LogP contribution in [0.3, 0.4) is 0 Å². The second-order valence-electron chi connectivity index (χ2n) is 4.22. The molecule has 2 heterocycles. The Kier molecular flexibility index (Phi) is 3.28. The molecule has 7 nitrogen and oxygen atoms in total. The van der Waals surface area contributed by atoms with Crippen molar-refractivity contribution in [3.8, 4) is 0 Å². The Bertz CT molecular complexity index is 357. The van der Waals surface area contributed by atoms with Gasteiger partial charge in [-0.2, -0.15) is 0 Å². The number of amides is 3. The van der Waals surface area contributed by atoms with Crippen LogP contribution < -0.4 is 10.6 Å². The van der Waals surface area contributed by atoms with E-state index in [2.05, 4.69) is 10.6 Å². The summed E-state index contributed by atoms with van der Waals surface area (Å²) in [5, 5.41) is 5.62. The number of carbonyl (C=O) groups excluding carboxylic acids is 3. The maximum atomic E-state index is 11.8. The molecule has 0 aromatic heterocycles. The first-order valence-corrected chi connectivity index (χ1v) is 5.64. The number of piperazine rings is 2. The van der Waals surface area contributed by atoms with Crippen molar-refractivity contribution in [2.24, 2.45) is 0 Å². The van der Waals surface area contributed by atoms with Gasteiger partial charge >= 0.3 is 11.8 Å². The summed E-state index contributed by atoms with van der Waals surface area (Å²) in [4.78, 5) is 37.7. The largest absolute Gasteiger partial charge is 0.358 e. The zero-order valence-electron chi connectivity index (χ0n) is 9.73. The van der Waals surface area contributed by atoms with Gasteiger partial charge in [-0.25, -0.2) is 0 Å². The summed E-state index contributed by atoms with van der Waals surface area (Å²) >= 11 is 0. The first-order chi connectivity index (χ1) is 8.13. The van der Waals surface area contributed by atoms with Crippen LogP contribution in [0.15, 0.2) is 0 Å². The van der Waals surface area contributed by atoms with Crippen LogP contribution in [0.1, 0.15) is 0 Å². The predicted molar refractivity (Wildman–Crippen MR) is 59.0 cm³/mol. The average Bonchev–Trinajstić information content (AvgIpc) is 2.35. The molecule has 0 saturated carbocycles. The Morgan fingerprint density at radius 2 is 2.24 bits per heavy atom. The van der Waals surface area contributed by atoms with Crippen molar-refractivity contribution in [1.29, 1.82) is 0 Å². The maximum Gasteiger partial charge on any atom is 0.312 e. The molecular formula is C10H16N4O3. The molecule has 2 rings (SSSR count). The molecule has 94 valence electrons. The third kappa shape index (κ3) is 2.23. The summed E-state index contributed by atoms with van der Waals surface area (Å²) in [5.74, 6) is -1.33. The van der Waals surface area contributed by atoms with E-state index in [1.165, 1.54) is 11.9 Å². The molecule has 1 unspecified atom stereocenters. The summed E-state index contributed by atoms with van der Waals surface area (Å²) in [7, 11) is 1.51. The zero-order chi connectivity index (χ0) is 12.4. The first-order valence-electron chi connectivity index (χ1n) is 5.64. The molecular weight excluding hydrogens is 224 g/mol. The minimum absolute atomic E-state index is 0.0152. The lowest BCUT2D eigenvalue weighted by atomic mass is 10.1. The van der Waals surface area contributed by atoms with Crippen LogP contribution in [0.2, 0.25) is 0 Å². The fourth-order valence-electron chi connectivity index (χ4n) is 2.18. The molecule has 0 radical (unpaired) electrons. The molecule has 0 bridgehead atoms. The van der Waals surface area contributed by atoms with Crippen LogP contribution in [0, 0.1) is 0 Å². The second kappa shape index (κ2) is 4.70. The van der Waals surface area contributed by atoms with Gasteiger partial charge in [0.2, 0.25) is 5.91 Å². The molecule has 0 spiro atoms. The van der Waals surface area contributed by atoms with Crippen LogP contribution in [0.25, 0.3) is 0 Å². The quantitative estimate of drug-likeness (QED) is 0.518. The molecule has 3 amide bonds. The van der Waals surface area contributed by atoms with Gasteiger partial charge in [0.25, 0.3) is 0 Å². The van der Waals surface area contributed by atoms with Gasteiger partial charge in [-0.1, -0.05) is 0 Å². The van der Waals surface area contributed by atoms with Crippen molar-refractivity contribution in [2.45, 2.75) is 6.04 Å². The first kappa shape index (κ1) is 11.8. The summed E-state index contributed by atoms with van der Waals surface area (Å²) in [6.45, 7) is 2.31. The van der Waals surface area contributed by atoms with E-state index >= 15 is 0 Å². The van der Waals surface area contributed by atoms with Crippen LogP contribution in [-0.4, -0.2) is 73.3 Å². The lowest BCUT2D eigenvalue weighted by Gasteiger charge is -2.42. The zero-order valence-corrected chi connectivity index (χ0v) is 9.73. The maximum absolute atomic E-state index is 11.8. The lowest BCUT2D eigenvalue weighted by molar-refractivity contribution is -0.160. The molecule has 7 heteroatoms. The summed E-state index contributed by atoms with van der Waals surface area (Å²) in [6.07, 6.45) is 0. The van der Waals surface area contributed by atoms with Crippen molar-refractivity contribution >= 4 is 17.7 Å². The minimum atomic E-state index is -0.577. The number of carbonyl (C=O) groups is 3. The monoisotopic (exact) mass is 240 g/mol. The number of likely N-dealkylation sites (N-methyl/N-ethyl adjacent to an activating group) is 1. The highest BCUT2D eigenvalue weighted by Gasteiger charge is 2.40. The Morgan fingerprint density at radius 1 is 1.47 bits per heavy atom.